The fraction of sp³-hybridized carbons (Fsp3) is 0. The number of hydrogen-bond donors (Lipinski definition) is 0. The van der Waals surface area contributed by atoms with Crippen molar-refractivity contribution in [3.05, 3.63) is 176 Å². The van der Waals surface area contributed by atoms with E-state index in [9.17, 15) is 0 Å². The van der Waals surface area contributed by atoms with E-state index in [0.717, 1.165) is 71.7 Å². The maximum absolute atomic E-state index is 6.79. The van der Waals surface area contributed by atoms with E-state index in [1.54, 1.807) is 0 Å². The Labute approximate surface area is 320 Å². The molecule has 0 aliphatic carbocycles. The van der Waals surface area contributed by atoms with Crippen LogP contribution in [0.3, 0.4) is 0 Å². The minimum Gasteiger partial charge on any atom is -0.456 e. The topological polar surface area (TPSA) is 65.0 Å². The lowest BCUT2D eigenvalue weighted by Crippen LogP contribution is -2.00. The summed E-state index contributed by atoms with van der Waals surface area (Å²) in [5.74, 6) is 1.73. The Morgan fingerprint density at radius 3 is 1.41 bits per heavy atom. The Kier molecular flexibility index (Phi) is 6.56. The summed E-state index contributed by atoms with van der Waals surface area (Å²) in [6, 6.07) is 61.1. The van der Waals surface area contributed by atoms with Gasteiger partial charge in [-0.3, -0.25) is 0 Å². The molecule has 0 saturated heterocycles. The molecular weight excluding hydrogens is 687 g/mol. The number of fused-ring (bicyclic) bond motifs is 12. The van der Waals surface area contributed by atoms with Gasteiger partial charge in [0.15, 0.2) is 17.5 Å². The first kappa shape index (κ1) is 30.8. The minimum atomic E-state index is 0.565. The minimum absolute atomic E-state index is 0.565. The number of nitrogens with zero attached hydrogens (tertiary/aromatic N) is 3. The third-order valence-electron chi connectivity index (χ3n) is 11.1. The molecule has 260 valence electrons. The molecule has 12 rings (SSSR count). The van der Waals surface area contributed by atoms with Gasteiger partial charge in [-0.15, -0.1) is 0 Å². The van der Waals surface area contributed by atoms with Crippen LogP contribution in [0, 0.1) is 0 Å². The van der Waals surface area contributed by atoms with Gasteiger partial charge in [-0.2, -0.15) is 0 Å². The predicted molar refractivity (Wildman–Crippen MR) is 229 cm³/mol. The van der Waals surface area contributed by atoms with Crippen molar-refractivity contribution >= 4 is 76.2 Å². The number of hydrogen-bond acceptors (Lipinski definition) is 5. The van der Waals surface area contributed by atoms with Crippen LogP contribution in [-0.2, 0) is 0 Å². The lowest BCUT2D eigenvalue weighted by atomic mass is 9.92. The molecule has 0 saturated carbocycles. The summed E-state index contributed by atoms with van der Waals surface area (Å²) in [6.07, 6.45) is 0. The summed E-state index contributed by atoms with van der Waals surface area (Å²) in [7, 11) is 0. The summed E-state index contributed by atoms with van der Waals surface area (Å²) in [4.78, 5) is 15.0. The molecule has 0 N–H and O–H groups in total. The van der Waals surface area contributed by atoms with Gasteiger partial charge in [-0.1, -0.05) is 140 Å². The molecule has 0 fully saturated rings. The van der Waals surface area contributed by atoms with E-state index >= 15 is 0 Å². The van der Waals surface area contributed by atoms with Gasteiger partial charge in [0.2, 0.25) is 0 Å². The molecule has 0 radical (unpaired) electrons. The molecule has 0 atom stereocenters. The van der Waals surface area contributed by atoms with E-state index in [0.29, 0.717) is 17.5 Å². The standard InChI is InChI=1S/C51H29N3O2/c1-2-11-30(12-3-1)49-52-50(32-22-25-41-40-17-8-9-20-45(40)55-46(41)28-32)54-51(53-49)33-23-26-42-43-19-10-18-34(48(43)56-47(42)29-33)31-21-24-39-37-15-5-4-13-35(37)36-14-6-7-16-38(36)44(39)27-31/h1-29H. The third kappa shape index (κ3) is 4.71. The van der Waals surface area contributed by atoms with Gasteiger partial charge in [-0.25, -0.2) is 15.0 Å². The molecule has 3 heterocycles. The van der Waals surface area contributed by atoms with Crippen molar-refractivity contribution in [3.8, 4) is 45.3 Å². The summed E-state index contributed by atoms with van der Waals surface area (Å²) < 4.78 is 13.0. The molecule has 0 aliphatic rings. The molecule has 0 unspecified atom stereocenters. The molecule has 5 nitrogen and oxygen atoms in total. The van der Waals surface area contributed by atoms with Crippen molar-refractivity contribution in [1.82, 2.24) is 15.0 Å². The van der Waals surface area contributed by atoms with Crippen molar-refractivity contribution in [2.24, 2.45) is 0 Å². The number of rotatable bonds is 4. The summed E-state index contributed by atoms with van der Waals surface area (Å²) in [5, 5.41) is 11.7. The van der Waals surface area contributed by atoms with E-state index in [1.165, 1.54) is 32.3 Å². The summed E-state index contributed by atoms with van der Waals surface area (Å²) in [5.41, 5.74) is 8.03. The van der Waals surface area contributed by atoms with Crippen LogP contribution in [0.15, 0.2) is 185 Å². The number of furan rings is 2. The van der Waals surface area contributed by atoms with E-state index in [2.05, 4.69) is 121 Å². The average molecular weight is 716 g/mol. The maximum Gasteiger partial charge on any atom is 0.164 e. The van der Waals surface area contributed by atoms with Gasteiger partial charge in [-0.05, 0) is 74.3 Å². The zero-order chi connectivity index (χ0) is 36.7. The second-order valence-electron chi connectivity index (χ2n) is 14.3. The number of aromatic nitrogens is 3. The summed E-state index contributed by atoms with van der Waals surface area (Å²) in [6.45, 7) is 0. The van der Waals surface area contributed by atoms with Gasteiger partial charge in [0.25, 0.3) is 0 Å². The Morgan fingerprint density at radius 1 is 0.268 bits per heavy atom. The van der Waals surface area contributed by atoms with E-state index in [4.69, 9.17) is 23.8 Å². The first-order valence-electron chi connectivity index (χ1n) is 18.8. The van der Waals surface area contributed by atoms with E-state index in [-0.39, 0.29) is 0 Å². The van der Waals surface area contributed by atoms with Crippen molar-refractivity contribution in [2.75, 3.05) is 0 Å². The highest BCUT2D eigenvalue weighted by molar-refractivity contribution is 6.26. The Hall–Kier alpha value is -7.63. The molecule has 5 heteroatoms. The second-order valence-corrected chi connectivity index (χ2v) is 14.3. The molecule has 12 aromatic rings. The highest BCUT2D eigenvalue weighted by Gasteiger charge is 2.18. The maximum atomic E-state index is 6.79. The molecule has 9 aromatic carbocycles. The fourth-order valence-corrected chi connectivity index (χ4v) is 8.46. The zero-order valence-corrected chi connectivity index (χ0v) is 29.9. The highest BCUT2D eigenvalue weighted by atomic mass is 16.3. The first-order valence-corrected chi connectivity index (χ1v) is 18.8. The van der Waals surface area contributed by atoms with Crippen molar-refractivity contribution in [1.29, 1.82) is 0 Å². The van der Waals surface area contributed by atoms with Crippen LogP contribution in [0.2, 0.25) is 0 Å². The first-order chi connectivity index (χ1) is 27.7. The van der Waals surface area contributed by atoms with Crippen LogP contribution in [0.25, 0.3) is 121 Å². The number of benzene rings is 9. The van der Waals surface area contributed by atoms with Gasteiger partial charge < -0.3 is 8.83 Å². The largest absolute Gasteiger partial charge is 0.456 e. The highest BCUT2D eigenvalue weighted by Crippen LogP contribution is 2.41. The summed E-state index contributed by atoms with van der Waals surface area (Å²) >= 11 is 0. The molecule has 0 amide bonds. The van der Waals surface area contributed by atoms with Crippen molar-refractivity contribution in [3.63, 3.8) is 0 Å². The normalized spacial score (nSPS) is 11.9. The lowest BCUT2D eigenvalue weighted by Gasteiger charge is -2.12. The number of para-hydroxylation sites is 2. The zero-order valence-electron chi connectivity index (χ0n) is 29.9. The quantitative estimate of drug-likeness (QED) is 0.170. The van der Waals surface area contributed by atoms with Gasteiger partial charge in [0.1, 0.15) is 22.3 Å². The van der Waals surface area contributed by atoms with E-state index < -0.39 is 0 Å². The average Bonchev–Trinajstić information content (AvgIpc) is 3.84. The Bertz CT molecular complexity index is 3510. The predicted octanol–water partition coefficient (Wildman–Crippen LogP) is 13.8. The van der Waals surface area contributed by atoms with Crippen LogP contribution in [0.5, 0.6) is 0 Å². The van der Waals surface area contributed by atoms with Gasteiger partial charge in [0, 0.05) is 43.8 Å². The van der Waals surface area contributed by atoms with E-state index in [1.807, 2.05) is 54.6 Å². The molecule has 0 spiro atoms. The second kappa shape index (κ2) is 11.9. The Balaban J connectivity index is 1.01. The SMILES string of the molecule is c1ccc(-c2nc(-c3ccc4c(c3)oc3ccccc34)nc(-c3ccc4c(c3)oc3c(-c5ccc6c7ccccc7c7ccccc7c6c5)cccc34)n2)cc1. The molecule has 3 aromatic heterocycles. The van der Waals surface area contributed by atoms with Crippen LogP contribution in [-0.4, -0.2) is 15.0 Å². The van der Waals surface area contributed by atoms with Crippen LogP contribution < -0.4 is 0 Å². The fourth-order valence-electron chi connectivity index (χ4n) is 8.46. The van der Waals surface area contributed by atoms with Gasteiger partial charge >= 0.3 is 0 Å². The lowest BCUT2D eigenvalue weighted by molar-refractivity contribution is 0.669. The van der Waals surface area contributed by atoms with Gasteiger partial charge in [0.05, 0.1) is 0 Å². The molecule has 0 aliphatic heterocycles. The van der Waals surface area contributed by atoms with Crippen molar-refractivity contribution in [2.45, 2.75) is 0 Å². The van der Waals surface area contributed by atoms with Crippen LogP contribution >= 0.6 is 0 Å². The van der Waals surface area contributed by atoms with Crippen molar-refractivity contribution < 1.29 is 8.83 Å². The molecular formula is C51H29N3O2. The third-order valence-corrected chi connectivity index (χ3v) is 11.1. The van der Waals surface area contributed by atoms with Crippen LogP contribution in [0.1, 0.15) is 0 Å². The smallest absolute Gasteiger partial charge is 0.164 e. The van der Waals surface area contributed by atoms with Crippen LogP contribution in [0.4, 0.5) is 0 Å². The monoisotopic (exact) mass is 715 g/mol. The molecule has 0 bridgehead atoms. The molecule has 56 heavy (non-hydrogen) atoms. The Morgan fingerprint density at radius 2 is 0.732 bits per heavy atom.